The van der Waals surface area contributed by atoms with Crippen molar-refractivity contribution in [1.29, 1.82) is 0 Å². The summed E-state index contributed by atoms with van der Waals surface area (Å²) in [5, 5.41) is 15.8. The van der Waals surface area contributed by atoms with Gasteiger partial charge in [-0.3, -0.25) is 29.2 Å². The number of nitro groups is 1. The number of anilines is 2. The SMILES string of the molecule is O=C1OC2(C(=O)c3ccccc3C2=O)C(C(=O)c2cccc([N+](=O)[O-])c2)=C1Nc1ccc(S(=O)(=O)Nc2nccs2)cc1. The van der Waals surface area contributed by atoms with E-state index >= 15 is 0 Å². The van der Waals surface area contributed by atoms with Gasteiger partial charge in [-0.15, -0.1) is 11.3 Å². The molecule has 1 aliphatic carbocycles. The van der Waals surface area contributed by atoms with E-state index in [1.807, 2.05) is 0 Å². The summed E-state index contributed by atoms with van der Waals surface area (Å²) in [4.78, 5) is 69.0. The number of non-ortho nitro benzene ring substituents is 1. The maximum absolute atomic E-state index is 14.0. The molecule has 1 spiro atoms. The lowest BCUT2D eigenvalue weighted by molar-refractivity contribution is -0.384. The number of esters is 1. The van der Waals surface area contributed by atoms with Gasteiger partial charge in [0.05, 0.1) is 15.4 Å². The molecule has 13 nitrogen and oxygen atoms in total. The third kappa shape index (κ3) is 4.47. The van der Waals surface area contributed by atoms with E-state index in [0.29, 0.717) is 0 Å². The van der Waals surface area contributed by atoms with Crippen molar-refractivity contribution in [3.8, 4) is 0 Å². The third-order valence-electron chi connectivity index (χ3n) is 6.74. The summed E-state index contributed by atoms with van der Waals surface area (Å²) in [5.41, 5.74) is -4.58. The lowest BCUT2D eigenvalue weighted by Gasteiger charge is -2.21. The molecule has 0 saturated heterocycles. The summed E-state index contributed by atoms with van der Waals surface area (Å²) < 4.78 is 33.2. The fourth-order valence-electron chi connectivity index (χ4n) is 4.80. The van der Waals surface area contributed by atoms with Crippen molar-refractivity contribution in [2.75, 3.05) is 10.0 Å². The molecule has 0 fully saturated rings. The van der Waals surface area contributed by atoms with Crippen LogP contribution in [0.25, 0.3) is 0 Å². The summed E-state index contributed by atoms with van der Waals surface area (Å²) >= 11 is 1.08. The van der Waals surface area contributed by atoms with Gasteiger partial charge in [0.25, 0.3) is 21.3 Å². The molecule has 2 aliphatic rings. The maximum Gasteiger partial charge on any atom is 0.357 e. The highest BCUT2D eigenvalue weighted by molar-refractivity contribution is 7.93. The molecule has 0 radical (unpaired) electrons. The largest absolute Gasteiger partial charge is 0.432 e. The molecule has 0 bridgehead atoms. The Hall–Kier alpha value is -5.54. The van der Waals surface area contributed by atoms with Crippen molar-refractivity contribution < 1.29 is 37.3 Å². The van der Waals surface area contributed by atoms with Crippen LogP contribution in [0.1, 0.15) is 31.1 Å². The Morgan fingerprint density at radius 2 is 1.63 bits per heavy atom. The molecule has 0 saturated carbocycles. The normalized spacial score (nSPS) is 15.4. The van der Waals surface area contributed by atoms with Gasteiger partial charge in [0.1, 0.15) is 5.70 Å². The molecule has 0 unspecified atom stereocenters. The van der Waals surface area contributed by atoms with Crippen LogP contribution in [0.3, 0.4) is 0 Å². The van der Waals surface area contributed by atoms with Crippen LogP contribution < -0.4 is 10.0 Å². The topological polar surface area (TPSA) is 192 Å². The molecule has 1 aliphatic heterocycles. The van der Waals surface area contributed by atoms with E-state index in [0.717, 1.165) is 23.5 Å². The number of sulfonamides is 1. The number of rotatable bonds is 8. The molecule has 43 heavy (non-hydrogen) atoms. The number of nitro benzene ring substituents is 1. The summed E-state index contributed by atoms with van der Waals surface area (Å²) in [6.07, 6.45) is 1.43. The summed E-state index contributed by atoms with van der Waals surface area (Å²) in [7, 11) is -4.00. The number of carbonyl (C=O) groups excluding carboxylic acids is 4. The number of aromatic nitrogens is 1. The van der Waals surface area contributed by atoms with Crippen LogP contribution in [0.2, 0.25) is 0 Å². The second-order valence-electron chi connectivity index (χ2n) is 9.25. The van der Waals surface area contributed by atoms with Crippen LogP contribution >= 0.6 is 11.3 Å². The molecule has 214 valence electrons. The Labute approximate surface area is 246 Å². The van der Waals surface area contributed by atoms with E-state index < -0.39 is 60.8 Å². The van der Waals surface area contributed by atoms with Crippen molar-refractivity contribution in [3.63, 3.8) is 0 Å². The Balaban J connectivity index is 1.44. The van der Waals surface area contributed by atoms with Gasteiger partial charge >= 0.3 is 5.97 Å². The van der Waals surface area contributed by atoms with Crippen molar-refractivity contribution in [2.45, 2.75) is 10.5 Å². The number of fused-ring (bicyclic) bond motifs is 1. The van der Waals surface area contributed by atoms with E-state index in [1.54, 1.807) is 5.38 Å². The van der Waals surface area contributed by atoms with Crippen molar-refractivity contribution in [1.82, 2.24) is 4.98 Å². The Morgan fingerprint density at radius 3 is 2.23 bits per heavy atom. The Morgan fingerprint density at radius 1 is 0.953 bits per heavy atom. The monoisotopic (exact) mass is 616 g/mol. The van der Waals surface area contributed by atoms with Crippen LogP contribution in [0.15, 0.2) is 101 Å². The van der Waals surface area contributed by atoms with Gasteiger partial charge in [0, 0.05) is 46.1 Å². The predicted molar refractivity (Wildman–Crippen MR) is 151 cm³/mol. The predicted octanol–water partition coefficient (Wildman–Crippen LogP) is 3.78. The number of nitrogens with zero attached hydrogens (tertiary/aromatic N) is 2. The molecule has 4 aromatic rings. The molecule has 0 atom stereocenters. The first kappa shape index (κ1) is 27.6. The lowest BCUT2D eigenvalue weighted by atomic mass is 9.83. The fourth-order valence-corrected chi connectivity index (χ4v) is 6.59. The number of Topliss-reactive ketones (excluding diaryl/α,β-unsaturated/α-hetero) is 3. The number of ketones is 3. The van der Waals surface area contributed by atoms with Crippen molar-refractivity contribution >= 4 is 61.2 Å². The average Bonchev–Trinajstić information content (AvgIpc) is 3.66. The number of nitrogens with one attached hydrogen (secondary N) is 2. The number of thiazole rings is 1. The second kappa shape index (κ2) is 10.1. The summed E-state index contributed by atoms with van der Waals surface area (Å²) in [6, 6.07) is 15.3. The second-order valence-corrected chi connectivity index (χ2v) is 11.8. The number of ether oxygens (including phenoxy) is 1. The minimum Gasteiger partial charge on any atom is -0.432 e. The molecule has 6 rings (SSSR count). The van der Waals surface area contributed by atoms with Gasteiger partial charge in [-0.2, -0.15) is 0 Å². The lowest BCUT2D eigenvalue weighted by Crippen LogP contribution is -2.46. The van der Waals surface area contributed by atoms with Crippen LogP contribution in [0.4, 0.5) is 16.5 Å². The zero-order valence-electron chi connectivity index (χ0n) is 21.5. The minimum atomic E-state index is -4.00. The Kier molecular flexibility index (Phi) is 6.47. The molecular weight excluding hydrogens is 600 g/mol. The molecule has 2 heterocycles. The highest BCUT2D eigenvalue weighted by Gasteiger charge is 2.65. The maximum atomic E-state index is 14.0. The molecular formula is C28H16N4O9S2. The van der Waals surface area contributed by atoms with Gasteiger partial charge in [0.15, 0.2) is 10.9 Å². The van der Waals surface area contributed by atoms with Gasteiger partial charge < -0.3 is 10.1 Å². The van der Waals surface area contributed by atoms with Gasteiger partial charge in [-0.05, 0) is 24.3 Å². The number of carbonyl (C=O) groups is 4. The molecule has 2 N–H and O–H groups in total. The van der Waals surface area contributed by atoms with Crippen LogP contribution in [-0.4, -0.2) is 47.2 Å². The first-order valence-electron chi connectivity index (χ1n) is 12.3. The molecule has 0 amide bonds. The zero-order chi connectivity index (χ0) is 30.5. The van der Waals surface area contributed by atoms with Gasteiger partial charge in [0.2, 0.25) is 11.6 Å². The smallest absolute Gasteiger partial charge is 0.357 e. The number of hydrogen-bond acceptors (Lipinski definition) is 12. The van der Waals surface area contributed by atoms with E-state index in [2.05, 4.69) is 15.0 Å². The van der Waals surface area contributed by atoms with Gasteiger partial charge in [-0.25, -0.2) is 18.2 Å². The third-order valence-corrected chi connectivity index (χ3v) is 8.91. The summed E-state index contributed by atoms with van der Waals surface area (Å²) in [5.74, 6) is -4.12. The van der Waals surface area contributed by atoms with Crippen LogP contribution in [0, 0.1) is 10.1 Å². The zero-order valence-corrected chi connectivity index (χ0v) is 23.1. The fraction of sp³-hybridized carbons (Fsp3) is 0.0357. The van der Waals surface area contributed by atoms with Crippen LogP contribution in [-0.2, 0) is 19.6 Å². The molecule has 3 aromatic carbocycles. The first-order chi connectivity index (χ1) is 20.5. The van der Waals surface area contributed by atoms with Crippen LogP contribution in [0.5, 0.6) is 0 Å². The number of hydrogen-bond donors (Lipinski definition) is 2. The van der Waals surface area contributed by atoms with Crippen molar-refractivity contribution in [3.05, 3.63) is 122 Å². The van der Waals surface area contributed by atoms with E-state index in [4.69, 9.17) is 4.74 Å². The minimum absolute atomic E-state index is 0.0619. The molecule has 1 aromatic heterocycles. The highest BCUT2D eigenvalue weighted by atomic mass is 32.2. The quantitative estimate of drug-likeness (QED) is 0.0962. The van der Waals surface area contributed by atoms with Gasteiger partial charge in [-0.1, -0.05) is 36.4 Å². The first-order valence-corrected chi connectivity index (χ1v) is 14.6. The van der Waals surface area contributed by atoms with Crippen molar-refractivity contribution in [2.24, 2.45) is 0 Å². The van der Waals surface area contributed by atoms with E-state index in [-0.39, 0.29) is 32.4 Å². The highest BCUT2D eigenvalue weighted by Crippen LogP contribution is 2.45. The average molecular weight is 617 g/mol. The van der Waals surface area contributed by atoms with E-state index in [1.165, 1.54) is 66.9 Å². The van der Waals surface area contributed by atoms with E-state index in [9.17, 15) is 37.7 Å². The Bertz CT molecular complexity index is 1980. The summed E-state index contributed by atoms with van der Waals surface area (Å²) in [6.45, 7) is 0. The number of benzene rings is 3. The molecule has 15 heteroatoms. The standard InChI is InChI=1S/C28H16N4O9S2/c33-23(15-4-3-5-17(14-15)32(37)38)21-22(26(36)41-28(21)24(34)19-6-1-2-7-20(19)25(28)35)30-16-8-10-18(11-9-16)43(39,40)31-27-29-12-13-42-27/h1-14,30H,(H,29,31).